The molecule has 0 spiro atoms. The second-order valence-electron chi connectivity index (χ2n) is 2.15. The molecule has 1 radical (unpaired) electrons. The first-order valence-corrected chi connectivity index (χ1v) is 2.72. The highest BCUT2D eigenvalue weighted by atomic mass is 14.1. The van der Waals surface area contributed by atoms with Crippen molar-refractivity contribution in [1.29, 1.82) is 0 Å². The highest BCUT2D eigenvalue weighted by Crippen LogP contribution is 2.22. The van der Waals surface area contributed by atoms with E-state index in [0.717, 1.165) is 5.92 Å². The topological polar surface area (TPSA) is 0 Å². The van der Waals surface area contributed by atoms with Crippen molar-refractivity contribution in [2.75, 3.05) is 0 Å². The van der Waals surface area contributed by atoms with Gasteiger partial charge in [-0.05, 0) is 5.92 Å². The summed E-state index contributed by atoms with van der Waals surface area (Å²) in [6, 6.07) is 0. The predicted molar refractivity (Wildman–Crippen MR) is 27.3 cm³/mol. The van der Waals surface area contributed by atoms with E-state index in [0.29, 0.717) is 0 Å². The Morgan fingerprint density at radius 3 is 1.83 bits per heavy atom. The summed E-state index contributed by atoms with van der Waals surface area (Å²) < 4.78 is 0. The Morgan fingerprint density at radius 2 is 1.67 bits per heavy atom. The molecule has 0 atom stereocenters. The molecule has 1 fully saturated rings. The minimum atomic E-state index is 0.796. The largest absolute Gasteiger partial charge is 0.0530 e. The summed E-state index contributed by atoms with van der Waals surface area (Å²) in [6.07, 6.45) is 5.60. The van der Waals surface area contributed by atoms with Crippen molar-refractivity contribution in [3.8, 4) is 0 Å². The molecule has 1 aliphatic carbocycles. The van der Waals surface area contributed by atoms with E-state index in [4.69, 9.17) is 0 Å². The Kier molecular flexibility index (Phi) is 1.13. The highest BCUT2D eigenvalue weighted by molar-refractivity contribution is 4.67. The van der Waals surface area contributed by atoms with Crippen LogP contribution in [0.25, 0.3) is 0 Å². The van der Waals surface area contributed by atoms with E-state index in [1.165, 1.54) is 25.7 Å². The van der Waals surface area contributed by atoms with Crippen LogP contribution in [0.2, 0.25) is 0 Å². The van der Waals surface area contributed by atoms with Gasteiger partial charge in [0.1, 0.15) is 0 Å². The van der Waals surface area contributed by atoms with Gasteiger partial charge in [-0.25, -0.2) is 0 Å². The second-order valence-corrected chi connectivity index (χ2v) is 2.15. The summed E-state index contributed by atoms with van der Waals surface area (Å²) in [5.41, 5.74) is 0. The molecule has 0 heterocycles. The van der Waals surface area contributed by atoms with Gasteiger partial charge in [-0.3, -0.25) is 0 Å². The van der Waals surface area contributed by atoms with Gasteiger partial charge >= 0.3 is 0 Å². The van der Waals surface area contributed by atoms with Crippen LogP contribution >= 0.6 is 0 Å². The third kappa shape index (κ3) is 0.735. The Balaban J connectivity index is 2.18. The predicted octanol–water partition coefficient (Wildman–Crippen LogP) is 2.01. The molecule has 0 nitrogen and oxygen atoms in total. The molecule has 0 saturated heterocycles. The van der Waals surface area contributed by atoms with Gasteiger partial charge in [0.15, 0.2) is 0 Å². The van der Waals surface area contributed by atoms with Crippen molar-refractivity contribution in [2.24, 2.45) is 5.92 Å². The van der Waals surface area contributed by atoms with Crippen LogP contribution in [-0.2, 0) is 0 Å². The van der Waals surface area contributed by atoms with Crippen LogP contribution in [0.15, 0.2) is 0 Å². The van der Waals surface area contributed by atoms with Crippen LogP contribution in [0.5, 0.6) is 0 Å². The normalized spacial score (nSPS) is 25.5. The zero-order valence-corrected chi connectivity index (χ0v) is 4.11. The molecule has 0 heteroatoms. The molecule has 0 amide bonds. The van der Waals surface area contributed by atoms with Crippen molar-refractivity contribution in [3.05, 3.63) is 6.92 Å². The molecule has 0 aromatic heterocycles. The molecule has 0 unspecified atom stereocenters. The average Bonchev–Trinajstić information content (AvgIpc) is 1.86. The molecule has 35 valence electrons. The van der Waals surface area contributed by atoms with Gasteiger partial charge in [0.2, 0.25) is 0 Å². The van der Waals surface area contributed by atoms with E-state index >= 15 is 0 Å². The standard InChI is InChI=1S/C6H11/c1-6-4-2-3-5-6/h6H,1-5H2. The Bertz CT molecular complexity index is 33.3. The smallest absolute Gasteiger partial charge is 0.0414 e. The fourth-order valence-corrected chi connectivity index (χ4v) is 1.01. The van der Waals surface area contributed by atoms with Crippen molar-refractivity contribution in [1.82, 2.24) is 0 Å². The Labute approximate surface area is 39.6 Å². The van der Waals surface area contributed by atoms with Gasteiger partial charge in [-0.15, -0.1) is 0 Å². The van der Waals surface area contributed by atoms with Crippen LogP contribution in [0.1, 0.15) is 25.7 Å². The SMILES string of the molecule is [CH2]C1CCCC1. The lowest BCUT2D eigenvalue weighted by Crippen LogP contribution is -1.79. The zero-order valence-electron chi connectivity index (χ0n) is 4.11. The molecular weight excluding hydrogens is 72.1 g/mol. The van der Waals surface area contributed by atoms with Crippen LogP contribution in [0.3, 0.4) is 0 Å². The molecule has 1 aliphatic rings. The maximum atomic E-state index is 3.94. The molecule has 1 rings (SSSR count). The summed E-state index contributed by atoms with van der Waals surface area (Å²) in [5, 5.41) is 0. The van der Waals surface area contributed by atoms with Gasteiger partial charge in [-0.2, -0.15) is 0 Å². The van der Waals surface area contributed by atoms with Crippen LogP contribution in [-0.4, -0.2) is 0 Å². The minimum absolute atomic E-state index is 0.796. The number of hydrogen-bond donors (Lipinski definition) is 0. The molecule has 0 N–H and O–H groups in total. The third-order valence-electron chi connectivity index (χ3n) is 1.47. The lowest BCUT2D eigenvalue weighted by molar-refractivity contribution is 0.681. The fourth-order valence-electron chi connectivity index (χ4n) is 1.01. The van der Waals surface area contributed by atoms with Gasteiger partial charge in [-0.1, -0.05) is 32.6 Å². The quantitative estimate of drug-likeness (QED) is 0.420. The molecule has 0 bridgehead atoms. The van der Waals surface area contributed by atoms with Crippen LogP contribution in [0, 0.1) is 12.8 Å². The molecule has 0 aliphatic heterocycles. The fraction of sp³-hybridized carbons (Fsp3) is 0.833. The van der Waals surface area contributed by atoms with Crippen molar-refractivity contribution < 1.29 is 0 Å². The van der Waals surface area contributed by atoms with E-state index in [-0.39, 0.29) is 0 Å². The van der Waals surface area contributed by atoms with E-state index < -0.39 is 0 Å². The summed E-state index contributed by atoms with van der Waals surface area (Å²) >= 11 is 0. The minimum Gasteiger partial charge on any atom is -0.0530 e. The van der Waals surface area contributed by atoms with Gasteiger partial charge in [0.05, 0.1) is 0 Å². The van der Waals surface area contributed by atoms with Crippen molar-refractivity contribution in [2.45, 2.75) is 25.7 Å². The van der Waals surface area contributed by atoms with Gasteiger partial charge in [0, 0.05) is 0 Å². The molecule has 0 aromatic carbocycles. The third-order valence-corrected chi connectivity index (χ3v) is 1.47. The van der Waals surface area contributed by atoms with E-state index in [1.807, 2.05) is 0 Å². The monoisotopic (exact) mass is 83.1 g/mol. The van der Waals surface area contributed by atoms with E-state index in [2.05, 4.69) is 6.92 Å². The van der Waals surface area contributed by atoms with Crippen LogP contribution in [0.4, 0.5) is 0 Å². The highest BCUT2D eigenvalue weighted by Gasteiger charge is 2.07. The molecular formula is C6H11. The summed E-state index contributed by atoms with van der Waals surface area (Å²) in [6.45, 7) is 3.94. The van der Waals surface area contributed by atoms with Gasteiger partial charge < -0.3 is 0 Å². The Hall–Kier alpha value is 0. The van der Waals surface area contributed by atoms with E-state index in [1.54, 1.807) is 0 Å². The lowest BCUT2D eigenvalue weighted by Gasteiger charge is -1.91. The first kappa shape index (κ1) is 4.17. The maximum Gasteiger partial charge on any atom is -0.0414 e. The first-order chi connectivity index (χ1) is 2.89. The summed E-state index contributed by atoms with van der Waals surface area (Å²) in [4.78, 5) is 0. The second kappa shape index (κ2) is 1.63. The number of hydrogen-bond acceptors (Lipinski definition) is 0. The summed E-state index contributed by atoms with van der Waals surface area (Å²) in [7, 11) is 0. The summed E-state index contributed by atoms with van der Waals surface area (Å²) in [5.74, 6) is 0.796. The van der Waals surface area contributed by atoms with Crippen molar-refractivity contribution >= 4 is 0 Å². The molecule has 1 saturated carbocycles. The average molecular weight is 83.2 g/mol. The first-order valence-electron chi connectivity index (χ1n) is 2.72. The molecule has 6 heavy (non-hydrogen) atoms. The zero-order chi connectivity index (χ0) is 4.41. The van der Waals surface area contributed by atoms with Crippen molar-refractivity contribution in [3.63, 3.8) is 0 Å². The Morgan fingerprint density at radius 1 is 1.17 bits per heavy atom. The van der Waals surface area contributed by atoms with Crippen LogP contribution < -0.4 is 0 Å². The maximum absolute atomic E-state index is 3.94. The lowest BCUT2D eigenvalue weighted by atomic mass is 10.2. The van der Waals surface area contributed by atoms with Gasteiger partial charge in [0.25, 0.3) is 0 Å². The van der Waals surface area contributed by atoms with E-state index in [9.17, 15) is 0 Å². The number of rotatable bonds is 0. The molecule has 0 aromatic rings.